The molecule has 1 aromatic heterocycles. The maximum Gasteiger partial charge on any atom is 0.314 e. The molecule has 0 aromatic carbocycles. The molecule has 1 aromatic rings. The average Bonchev–Trinajstić information content (AvgIpc) is 2.81. The van der Waals surface area contributed by atoms with Gasteiger partial charge in [-0.2, -0.15) is 4.98 Å². The Bertz CT molecular complexity index is 366. The topological polar surface area (TPSA) is 117 Å². The number of hydrogen-bond donors (Lipinski definition) is 3. The molecule has 0 saturated heterocycles. The zero-order valence-corrected chi connectivity index (χ0v) is 9.89. The summed E-state index contributed by atoms with van der Waals surface area (Å²) in [5.41, 5.74) is 0. The Labute approximate surface area is 104 Å². The van der Waals surface area contributed by atoms with E-state index in [1.54, 1.807) is 0 Å². The molecule has 0 radical (unpaired) electrons. The van der Waals surface area contributed by atoms with Gasteiger partial charge in [0.05, 0.1) is 0 Å². The van der Waals surface area contributed by atoms with Crippen LogP contribution in [0.5, 0.6) is 0 Å². The molecule has 8 heteroatoms. The molecule has 0 bridgehead atoms. The highest BCUT2D eigenvalue weighted by atomic mass is 16.5. The van der Waals surface area contributed by atoms with Crippen molar-refractivity contribution in [1.82, 2.24) is 20.8 Å². The molecule has 0 fully saturated rings. The first-order valence-electron chi connectivity index (χ1n) is 5.67. The summed E-state index contributed by atoms with van der Waals surface area (Å²) in [5.74, 6) is -0.351. The third kappa shape index (κ3) is 6.46. The fourth-order valence-electron chi connectivity index (χ4n) is 1.25. The van der Waals surface area contributed by atoms with Crippen molar-refractivity contribution in [2.24, 2.45) is 0 Å². The lowest BCUT2D eigenvalue weighted by molar-refractivity contribution is -0.137. The molecule has 0 unspecified atom stereocenters. The first kappa shape index (κ1) is 13.9. The molecular weight excluding hydrogens is 240 g/mol. The predicted molar refractivity (Wildman–Crippen MR) is 60.9 cm³/mol. The minimum absolute atomic E-state index is 0.125. The van der Waals surface area contributed by atoms with Crippen molar-refractivity contribution in [3.63, 3.8) is 0 Å². The van der Waals surface area contributed by atoms with E-state index in [0.717, 1.165) is 0 Å². The van der Waals surface area contributed by atoms with E-state index in [-0.39, 0.29) is 12.5 Å². The molecule has 8 nitrogen and oxygen atoms in total. The van der Waals surface area contributed by atoms with Crippen LogP contribution in [-0.2, 0) is 11.2 Å². The lowest BCUT2D eigenvalue weighted by Gasteiger charge is -2.05. The van der Waals surface area contributed by atoms with E-state index < -0.39 is 5.97 Å². The number of aromatic nitrogens is 2. The van der Waals surface area contributed by atoms with E-state index in [4.69, 9.17) is 9.63 Å². The minimum Gasteiger partial charge on any atom is -0.481 e. The third-order valence-electron chi connectivity index (χ3n) is 2.13. The highest BCUT2D eigenvalue weighted by molar-refractivity contribution is 5.73. The monoisotopic (exact) mass is 256 g/mol. The number of carboxylic acids is 1. The highest BCUT2D eigenvalue weighted by Crippen LogP contribution is 1.93. The molecule has 100 valence electrons. The number of rotatable bonds is 8. The zero-order chi connectivity index (χ0) is 13.2. The van der Waals surface area contributed by atoms with Crippen LogP contribution in [0.3, 0.4) is 0 Å². The fraction of sp³-hybridized carbons (Fsp3) is 0.600. The number of unbranched alkanes of at least 4 members (excludes halogenated alkanes) is 1. The number of carboxylic acid groups (broad SMARTS) is 1. The average molecular weight is 256 g/mol. The molecule has 0 saturated carbocycles. The number of carbonyl (C=O) groups is 2. The van der Waals surface area contributed by atoms with Gasteiger partial charge in [0.2, 0.25) is 5.89 Å². The lowest BCUT2D eigenvalue weighted by atomic mass is 10.2. The van der Waals surface area contributed by atoms with Crippen LogP contribution < -0.4 is 10.6 Å². The second-order valence-corrected chi connectivity index (χ2v) is 3.62. The summed E-state index contributed by atoms with van der Waals surface area (Å²) in [6, 6.07) is -0.287. The number of nitrogens with zero attached hydrogens (tertiary/aromatic N) is 2. The van der Waals surface area contributed by atoms with E-state index in [2.05, 4.69) is 20.8 Å². The first-order chi connectivity index (χ1) is 8.68. The van der Waals surface area contributed by atoms with Crippen molar-refractivity contribution in [1.29, 1.82) is 0 Å². The number of amides is 2. The standard InChI is InChI=1S/C10H16N4O4/c15-9(16)3-1-2-5-11-10(17)12-6-4-8-13-7-14-18-8/h7H,1-6H2,(H,15,16)(H2,11,12,17). The van der Waals surface area contributed by atoms with Gasteiger partial charge in [0.15, 0.2) is 6.33 Å². The molecule has 1 rings (SSSR count). The Hall–Kier alpha value is -2.12. The fourth-order valence-corrected chi connectivity index (χ4v) is 1.25. The van der Waals surface area contributed by atoms with Gasteiger partial charge < -0.3 is 20.3 Å². The first-order valence-corrected chi connectivity index (χ1v) is 5.67. The molecule has 0 aliphatic carbocycles. The molecule has 3 N–H and O–H groups in total. The lowest BCUT2D eigenvalue weighted by Crippen LogP contribution is -2.37. The van der Waals surface area contributed by atoms with Gasteiger partial charge in [-0.25, -0.2) is 4.79 Å². The van der Waals surface area contributed by atoms with Crippen LogP contribution in [-0.4, -0.2) is 40.3 Å². The molecule has 18 heavy (non-hydrogen) atoms. The number of carbonyl (C=O) groups excluding carboxylic acids is 1. The largest absolute Gasteiger partial charge is 0.481 e. The molecule has 0 spiro atoms. The van der Waals surface area contributed by atoms with Gasteiger partial charge in [0.1, 0.15) is 0 Å². The maximum atomic E-state index is 11.3. The number of hydrogen-bond acceptors (Lipinski definition) is 5. The second kappa shape index (κ2) is 8.04. The summed E-state index contributed by atoms with van der Waals surface area (Å²) in [5, 5.41) is 17.1. The van der Waals surface area contributed by atoms with Crippen LogP contribution in [0, 0.1) is 0 Å². The van der Waals surface area contributed by atoms with E-state index in [9.17, 15) is 9.59 Å². The quantitative estimate of drug-likeness (QED) is 0.570. The summed E-state index contributed by atoms with van der Waals surface area (Å²) in [7, 11) is 0. The van der Waals surface area contributed by atoms with Gasteiger partial charge >= 0.3 is 12.0 Å². The van der Waals surface area contributed by atoms with Gasteiger partial charge in [-0.1, -0.05) is 5.16 Å². The van der Waals surface area contributed by atoms with Crippen LogP contribution in [0.1, 0.15) is 25.2 Å². The summed E-state index contributed by atoms with van der Waals surface area (Å²) in [4.78, 5) is 25.3. The van der Waals surface area contributed by atoms with Crippen molar-refractivity contribution in [2.45, 2.75) is 25.7 Å². The summed E-state index contributed by atoms with van der Waals surface area (Å²) in [6.07, 6.45) is 3.10. The van der Waals surface area contributed by atoms with Gasteiger partial charge in [-0.15, -0.1) is 0 Å². The molecule has 0 aliphatic rings. The Balaban J connectivity index is 1.95. The van der Waals surface area contributed by atoms with Gasteiger partial charge in [-0.05, 0) is 12.8 Å². The van der Waals surface area contributed by atoms with Gasteiger partial charge in [-0.3, -0.25) is 4.79 Å². The van der Waals surface area contributed by atoms with Gasteiger partial charge in [0.25, 0.3) is 0 Å². The molecular formula is C10H16N4O4. The predicted octanol–water partition coefficient (Wildman–Crippen LogP) is 0.166. The van der Waals surface area contributed by atoms with Crippen LogP contribution in [0.25, 0.3) is 0 Å². The van der Waals surface area contributed by atoms with E-state index >= 15 is 0 Å². The van der Waals surface area contributed by atoms with Crippen LogP contribution in [0.2, 0.25) is 0 Å². The summed E-state index contributed by atoms with van der Waals surface area (Å²) >= 11 is 0. The number of urea groups is 1. The van der Waals surface area contributed by atoms with E-state index in [1.165, 1.54) is 6.33 Å². The molecule has 1 heterocycles. The Morgan fingerprint density at radius 3 is 2.72 bits per heavy atom. The van der Waals surface area contributed by atoms with E-state index in [1.807, 2.05) is 0 Å². The maximum absolute atomic E-state index is 11.3. The minimum atomic E-state index is -0.820. The smallest absolute Gasteiger partial charge is 0.314 e. The van der Waals surface area contributed by atoms with Crippen LogP contribution >= 0.6 is 0 Å². The highest BCUT2D eigenvalue weighted by Gasteiger charge is 2.02. The van der Waals surface area contributed by atoms with Crippen molar-refractivity contribution in [3.8, 4) is 0 Å². The Morgan fingerprint density at radius 2 is 2.06 bits per heavy atom. The van der Waals surface area contributed by atoms with Crippen molar-refractivity contribution < 1.29 is 19.2 Å². The van der Waals surface area contributed by atoms with Crippen molar-refractivity contribution in [3.05, 3.63) is 12.2 Å². The molecule has 0 atom stereocenters. The van der Waals surface area contributed by atoms with Gasteiger partial charge in [0, 0.05) is 25.9 Å². The zero-order valence-electron chi connectivity index (χ0n) is 9.89. The second-order valence-electron chi connectivity index (χ2n) is 3.62. The number of nitrogens with one attached hydrogen (secondary N) is 2. The SMILES string of the molecule is O=C(O)CCCCNC(=O)NCCc1ncno1. The third-order valence-corrected chi connectivity index (χ3v) is 2.13. The summed E-state index contributed by atoms with van der Waals surface area (Å²) in [6.45, 7) is 0.864. The molecule has 2 amide bonds. The normalized spacial score (nSPS) is 10.0. The molecule has 0 aliphatic heterocycles. The summed E-state index contributed by atoms with van der Waals surface area (Å²) < 4.78 is 4.76. The Kier molecular flexibility index (Phi) is 6.23. The Morgan fingerprint density at radius 1 is 1.28 bits per heavy atom. The van der Waals surface area contributed by atoms with Crippen LogP contribution in [0.4, 0.5) is 4.79 Å². The number of aliphatic carboxylic acids is 1. The van der Waals surface area contributed by atoms with Crippen molar-refractivity contribution >= 4 is 12.0 Å². The van der Waals surface area contributed by atoms with Crippen molar-refractivity contribution in [2.75, 3.05) is 13.1 Å². The van der Waals surface area contributed by atoms with Crippen LogP contribution in [0.15, 0.2) is 10.9 Å². The van der Waals surface area contributed by atoms with E-state index in [0.29, 0.717) is 38.2 Å².